The molecule has 2 aliphatic heterocycles. The molecule has 0 saturated carbocycles. The molecule has 2 fully saturated rings. The van der Waals surface area contributed by atoms with E-state index in [2.05, 4.69) is 92.6 Å². The van der Waals surface area contributed by atoms with Crippen LogP contribution in [0.5, 0.6) is 0 Å². The molecular weight excluding hydrogens is 881 g/mol. The average molecular weight is 959 g/mol. The highest BCUT2D eigenvalue weighted by atomic mass is 16.2. The third-order valence-corrected chi connectivity index (χ3v) is 15.3. The summed E-state index contributed by atoms with van der Waals surface area (Å²) in [6, 6.07) is 17.3. The lowest BCUT2D eigenvalue weighted by Gasteiger charge is -2.36. The number of nitrogens with zero attached hydrogens (tertiary/aromatic N) is 2. The van der Waals surface area contributed by atoms with E-state index in [1.807, 2.05) is 41.5 Å². The Bertz CT molecular complexity index is 2260. The van der Waals surface area contributed by atoms with E-state index in [1.165, 1.54) is 11.1 Å². The summed E-state index contributed by atoms with van der Waals surface area (Å²) in [5.41, 5.74) is 8.01. The molecule has 4 aliphatic rings. The van der Waals surface area contributed by atoms with Crippen LogP contribution in [0.3, 0.4) is 0 Å². The minimum absolute atomic E-state index is 0.156. The summed E-state index contributed by atoms with van der Waals surface area (Å²) in [7, 11) is 3.41. The number of rotatable bonds is 14. The fraction of sp³-hybridized carbons (Fsp3) is 0.571. The van der Waals surface area contributed by atoms with Crippen molar-refractivity contribution in [3.8, 4) is 22.3 Å². The summed E-state index contributed by atoms with van der Waals surface area (Å²) >= 11 is 0. The Balaban J connectivity index is 1.04. The smallest absolute Gasteiger partial charge is 0.246 e. The molecule has 70 heavy (non-hydrogen) atoms. The van der Waals surface area contributed by atoms with Gasteiger partial charge in [-0.3, -0.25) is 28.8 Å². The minimum atomic E-state index is -0.776. The molecule has 3 aromatic carbocycles. The number of likely N-dealkylation sites (tertiary alicyclic amines) is 2. The van der Waals surface area contributed by atoms with Crippen LogP contribution in [0.2, 0.25) is 0 Å². The van der Waals surface area contributed by atoms with Crippen LogP contribution in [-0.4, -0.2) is 109 Å². The molecule has 0 spiro atoms. The number of fused-ring (bicyclic) bond motifs is 2. The van der Waals surface area contributed by atoms with Crippen molar-refractivity contribution in [1.29, 1.82) is 0 Å². The van der Waals surface area contributed by atoms with E-state index in [1.54, 1.807) is 37.7 Å². The molecule has 6 amide bonds. The minimum Gasteiger partial charge on any atom is -0.347 e. The Labute approximate surface area is 415 Å². The third kappa shape index (κ3) is 11.3. The van der Waals surface area contributed by atoms with Gasteiger partial charge in [0, 0.05) is 13.1 Å². The van der Waals surface area contributed by atoms with Crippen LogP contribution in [0.15, 0.2) is 60.7 Å². The molecule has 14 nitrogen and oxygen atoms in total. The number of likely N-dealkylation sites (N-methyl/N-ethyl adjacent to an activating group) is 2. The summed E-state index contributed by atoms with van der Waals surface area (Å²) < 4.78 is 0. The van der Waals surface area contributed by atoms with Gasteiger partial charge in [0.05, 0.1) is 24.2 Å². The van der Waals surface area contributed by atoms with Gasteiger partial charge < -0.3 is 41.7 Å². The van der Waals surface area contributed by atoms with Crippen molar-refractivity contribution in [3.63, 3.8) is 0 Å². The van der Waals surface area contributed by atoms with Gasteiger partial charge in [-0.15, -0.1) is 0 Å². The van der Waals surface area contributed by atoms with Crippen LogP contribution in [0, 0.1) is 10.8 Å². The summed E-state index contributed by atoms with van der Waals surface area (Å²) in [6.07, 6.45) is 7.78. The maximum atomic E-state index is 14.1. The lowest BCUT2D eigenvalue weighted by Crippen LogP contribution is -2.59. The summed E-state index contributed by atoms with van der Waals surface area (Å²) in [4.78, 5) is 85.7. The fourth-order valence-corrected chi connectivity index (χ4v) is 10.9. The predicted molar refractivity (Wildman–Crippen MR) is 274 cm³/mol. The highest BCUT2D eigenvalue weighted by Crippen LogP contribution is 2.40. The number of amides is 6. The zero-order valence-electron chi connectivity index (χ0n) is 43.2. The lowest BCUT2D eigenvalue weighted by atomic mass is 9.81. The maximum absolute atomic E-state index is 14.1. The lowest BCUT2D eigenvalue weighted by molar-refractivity contribution is -0.144. The number of carbonyl (C=O) groups excluding carboxylic acids is 6. The number of hydrogen-bond acceptors (Lipinski definition) is 8. The number of hydrogen-bond donors (Lipinski definition) is 6. The van der Waals surface area contributed by atoms with Crippen molar-refractivity contribution in [2.45, 2.75) is 168 Å². The van der Waals surface area contributed by atoms with E-state index in [4.69, 9.17) is 0 Å². The van der Waals surface area contributed by atoms with Crippen molar-refractivity contribution >= 4 is 35.4 Å². The first-order valence-electron chi connectivity index (χ1n) is 25.7. The van der Waals surface area contributed by atoms with Crippen LogP contribution in [0.1, 0.15) is 141 Å². The van der Waals surface area contributed by atoms with Gasteiger partial charge in [-0.25, -0.2) is 0 Å². The first-order chi connectivity index (χ1) is 33.2. The van der Waals surface area contributed by atoms with Gasteiger partial charge in [-0.2, -0.15) is 0 Å². The molecule has 7 rings (SSSR count). The van der Waals surface area contributed by atoms with E-state index in [0.717, 1.165) is 71.9 Å². The van der Waals surface area contributed by atoms with E-state index in [-0.39, 0.29) is 47.5 Å². The Morgan fingerprint density at radius 3 is 1.24 bits per heavy atom. The first-order valence-corrected chi connectivity index (χ1v) is 25.7. The van der Waals surface area contributed by atoms with Crippen LogP contribution in [-0.2, 0) is 41.6 Å². The van der Waals surface area contributed by atoms with Gasteiger partial charge in [0.15, 0.2) is 0 Å². The second-order valence-corrected chi connectivity index (χ2v) is 22.2. The number of nitrogens with one attached hydrogen (secondary N) is 6. The van der Waals surface area contributed by atoms with E-state index in [0.29, 0.717) is 38.8 Å². The number of benzene rings is 3. The van der Waals surface area contributed by atoms with Crippen molar-refractivity contribution in [3.05, 3.63) is 82.9 Å². The van der Waals surface area contributed by atoms with Gasteiger partial charge >= 0.3 is 0 Å². The zero-order chi connectivity index (χ0) is 50.7. The summed E-state index contributed by atoms with van der Waals surface area (Å²) in [5.74, 6) is -1.28. The highest BCUT2D eigenvalue weighted by molar-refractivity contribution is 5.95. The number of carbonyl (C=O) groups is 6. The van der Waals surface area contributed by atoms with Crippen molar-refractivity contribution in [2.24, 2.45) is 10.8 Å². The van der Waals surface area contributed by atoms with E-state index < -0.39 is 47.1 Å². The largest absolute Gasteiger partial charge is 0.347 e. The molecule has 8 atom stereocenters. The monoisotopic (exact) mass is 959 g/mol. The Morgan fingerprint density at radius 1 is 0.529 bits per heavy atom. The molecule has 0 aromatic heterocycles. The van der Waals surface area contributed by atoms with Gasteiger partial charge in [-0.05, 0) is 147 Å². The predicted octanol–water partition coefficient (Wildman–Crippen LogP) is 6.27. The molecule has 2 heterocycles. The van der Waals surface area contributed by atoms with Crippen LogP contribution in [0.25, 0.3) is 22.3 Å². The molecule has 378 valence electrons. The molecule has 0 unspecified atom stereocenters. The van der Waals surface area contributed by atoms with Gasteiger partial charge in [0.25, 0.3) is 0 Å². The average Bonchev–Trinajstić information content (AvgIpc) is 4.05. The van der Waals surface area contributed by atoms with Gasteiger partial charge in [0.2, 0.25) is 35.4 Å². The normalized spacial score (nSPS) is 21.9. The van der Waals surface area contributed by atoms with E-state index in [9.17, 15) is 28.8 Å². The molecule has 2 aliphatic carbocycles. The SMILES string of the molecule is CN[C@@H](C)C(=O)N[C@H](C(=O)N1CCC[C@H]1C(=O)N[C@@H]1CCCc2c(-c3ccc(-c4cccc5c4CCC[C@H]5NC(=O)[C@@H]4CCCN4C(=O)[C@@H](NC(=O)[C@H](C)NC)C(C)(C)C)cc3)cccc21)C(C)(C)C. The molecular formula is C56H78N8O6. The van der Waals surface area contributed by atoms with Crippen molar-refractivity contribution in [2.75, 3.05) is 27.2 Å². The first kappa shape index (κ1) is 52.2. The Hall–Kier alpha value is -5.60. The molecule has 6 N–H and O–H groups in total. The van der Waals surface area contributed by atoms with E-state index >= 15 is 0 Å². The van der Waals surface area contributed by atoms with Gasteiger partial charge in [0.1, 0.15) is 24.2 Å². The second-order valence-electron chi connectivity index (χ2n) is 22.2. The van der Waals surface area contributed by atoms with Crippen LogP contribution < -0.4 is 31.9 Å². The topological polar surface area (TPSA) is 181 Å². The molecule has 14 heteroatoms. The molecule has 0 radical (unpaired) electrons. The van der Waals surface area contributed by atoms with Crippen LogP contribution in [0.4, 0.5) is 0 Å². The quantitative estimate of drug-likeness (QED) is 0.110. The fourth-order valence-electron chi connectivity index (χ4n) is 10.9. The molecule has 2 saturated heterocycles. The standard InChI is InChI=1S/C56H78N8O6/c1-33(57-9)49(65)61-47(55(3,4)5)53(69)63-31-15-25-45(63)51(67)59-43-23-13-19-39-37(17-11-21-41(39)43)35-27-29-36(30-28-35)38-18-12-22-42-40(38)20-14-24-44(42)60-52(68)46-26-16-32-64(46)54(70)48(56(6,7)8)62-50(66)34(2)58-10/h11-12,17-18,21-22,27-30,33-34,43-48,57-58H,13-16,19-20,23-26,31-32H2,1-10H3,(H,59,67)(H,60,68)(H,61,65)(H,62,66)/t33-,34-,43+,44+,45-,46-,47+,48+/m0/s1. The second kappa shape index (κ2) is 21.8. The van der Waals surface area contributed by atoms with Gasteiger partial charge in [-0.1, -0.05) is 102 Å². The highest BCUT2D eigenvalue weighted by Gasteiger charge is 2.44. The third-order valence-electron chi connectivity index (χ3n) is 15.3. The maximum Gasteiger partial charge on any atom is 0.246 e. The molecule has 0 bridgehead atoms. The summed E-state index contributed by atoms with van der Waals surface area (Å²) in [6.45, 7) is 16.0. The van der Waals surface area contributed by atoms with Crippen molar-refractivity contribution in [1.82, 2.24) is 41.7 Å². The molecule has 3 aromatic rings. The van der Waals surface area contributed by atoms with Crippen LogP contribution >= 0.6 is 0 Å². The summed E-state index contributed by atoms with van der Waals surface area (Å²) in [5, 5.41) is 18.5. The Kier molecular flexibility index (Phi) is 16.3. The Morgan fingerprint density at radius 2 is 0.900 bits per heavy atom. The van der Waals surface area contributed by atoms with Crippen molar-refractivity contribution < 1.29 is 28.8 Å². The zero-order valence-corrected chi connectivity index (χ0v) is 43.2.